The van der Waals surface area contributed by atoms with Gasteiger partial charge in [-0.25, -0.2) is 0 Å². The van der Waals surface area contributed by atoms with Gasteiger partial charge in [-0.1, -0.05) is 17.3 Å². The van der Waals surface area contributed by atoms with Crippen LogP contribution in [0.4, 0.5) is 8.78 Å². The van der Waals surface area contributed by atoms with Crippen LogP contribution in [0, 0.1) is 0 Å². The summed E-state index contributed by atoms with van der Waals surface area (Å²) in [4.78, 5) is 20.9. The van der Waals surface area contributed by atoms with Crippen molar-refractivity contribution in [1.82, 2.24) is 19.9 Å². The third-order valence-corrected chi connectivity index (χ3v) is 5.17. The lowest BCUT2D eigenvalue weighted by atomic mass is 10.1. The van der Waals surface area contributed by atoms with E-state index in [1.807, 2.05) is 0 Å². The molecule has 32 heavy (non-hydrogen) atoms. The molecule has 3 aromatic rings. The number of benzene rings is 2. The van der Waals surface area contributed by atoms with Crippen LogP contribution in [0.25, 0.3) is 11.4 Å². The number of piperazine rings is 1. The molecule has 4 rings (SSSR count). The fraction of sp³-hybridized carbons (Fsp3) is 0.318. The maximum Gasteiger partial charge on any atom is 0.387 e. The maximum absolute atomic E-state index is 12.7. The smallest absolute Gasteiger partial charge is 0.387 e. The largest absolute Gasteiger partial charge is 0.497 e. The van der Waals surface area contributed by atoms with E-state index in [9.17, 15) is 13.6 Å². The van der Waals surface area contributed by atoms with Crippen LogP contribution in [0.15, 0.2) is 53.1 Å². The van der Waals surface area contributed by atoms with Crippen molar-refractivity contribution in [2.75, 3.05) is 33.3 Å². The van der Waals surface area contributed by atoms with Gasteiger partial charge in [0, 0.05) is 31.7 Å². The number of para-hydroxylation sites is 1. The molecule has 0 radical (unpaired) electrons. The number of halogens is 2. The molecule has 1 aliphatic rings. The Bertz CT molecular complexity index is 1050. The first kappa shape index (κ1) is 21.7. The first-order valence-corrected chi connectivity index (χ1v) is 10.1. The fourth-order valence-corrected chi connectivity index (χ4v) is 3.50. The average Bonchev–Trinajstić information content (AvgIpc) is 3.27. The van der Waals surface area contributed by atoms with Crippen molar-refractivity contribution in [3.8, 4) is 22.9 Å². The normalized spacial score (nSPS) is 14.6. The Hall–Kier alpha value is -3.53. The van der Waals surface area contributed by atoms with E-state index in [1.165, 1.54) is 6.07 Å². The van der Waals surface area contributed by atoms with Gasteiger partial charge in [0.05, 0.1) is 19.2 Å². The van der Waals surface area contributed by atoms with Gasteiger partial charge in [-0.2, -0.15) is 13.8 Å². The van der Waals surface area contributed by atoms with E-state index in [1.54, 1.807) is 54.5 Å². The number of hydrogen-bond donors (Lipinski definition) is 0. The van der Waals surface area contributed by atoms with Crippen molar-refractivity contribution in [3.05, 3.63) is 60.0 Å². The van der Waals surface area contributed by atoms with Crippen molar-refractivity contribution < 1.29 is 27.6 Å². The molecule has 1 amide bonds. The Kier molecular flexibility index (Phi) is 6.60. The summed E-state index contributed by atoms with van der Waals surface area (Å²) in [6.07, 6.45) is 0. The highest BCUT2D eigenvalue weighted by molar-refractivity contribution is 5.94. The second-order valence-corrected chi connectivity index (χ2v) is 7.18. The van der Waals surface area contributed by atoms with Crippen LogP contribution in [-0.2, 0) is 6.54 Å². The monoisotopic (exact) mass is 444 g/mol. The van der Waals surface area contributed by atoms with Gasteiger partial charge in [0.25, 0.3) is 5.91 Å². The minimum atomic E-state index is -2.94. The summed E-state index contributed by atoms with van der Waals surface area (Å²) < 4.78 is 40.2. The zero-order valence-corrected chi connectivity index (χ0v) is 17.4. The van der Waals surface area contributed by atoms with E-state index >= 15 is 0 Å². The number of alkyl halides is 2. The fourth-order valence-electron chi connectivity index (χ4n) is 3.50. The first-order valence-electron chi connectivity index (χ1n) is 10.1. The Balaban J connectivity index is 1.34. The zero-order valence-electron chi connectivity index (χ0n) is 17.4. The van der Waals surface area contributed by atoms with Crippen LogP contribution < -0.4 is 9.47 Å². The standard InChI is InChI=1S/C22H22F2N4O4/c1-30-16-8-6-15(7-9-16)21(29)28-12-10-27(11-13-28)14-19-25-20(26-32-19)17-4-2-3-5-18(17)31-22(23)24/h2-9,22H,10-14H2,1H3. The van der Waals surface area contributed by atoms with E-state index in [4.69, 9.17) is 9.26 Å². The van der Waals surface area contributed by atoms with Crippen LogP contribution in [-0.4, -0.2) is 65.7 Å². The van der Waals surface area contributed by atoms with Gasteiger partial charge < -0.3 is 18.9 Å². The lowest BCUT2D eigenvalue weighted by Crippen LogP contribution is -2.48. The molecule has 0 saturated carbocycles. The molecule has 0 spiro atoms. The topological polar surface area (TPSA) is 80.9 Å². The second-order valence-electron chi connectivity index (χ2n) is 7.18. The predicted molar refractivity (Wildman–Crippen MR) is 111 cm³/mol. The van der Waals surface area contributed by atoms with E-state index in [-0.39, 0.29) is 17.5 Å². The molecule has 0 N–H and O–H groups in total. The number of aromatic nitrogens is 2. The Labute approximate surface area is 183 Å². The molecule has 0 unspecified atom stereocenters. The lowest BCUT2D eigenvalue weighted by Gasteiger charge is -2.34. The molecule has 8 nitrogen and oxygen atoms in total. The summed E-state index contributed by atoms with van der Waals surface area (Å²) in [5.74, 6) is 1.21. The van der Waals surface area contributed by atoms with Crippen LogP contribution in [0.2, 0.25) is 0 Å². The summed E-state index contributed by atoms with van der Waals surface area (Å²) >= 11 is 0. The van der Waals surface area contributed by atoms with Crippen LogP contribution in [0.3, 0.4) is 0 Å². The number of hydrogen-bond acceptors (Lipinski definition) is 7. The number of ether oxygens (including phenoxy) is 2. The SMILES string of the molecule is COc1ccc(C(=O)N2CCN(Cc3nc(-c4ccccc4OC(F)F)no3)CC2)cc1. The molecule has 0 bridgehead atoms. The van der Waals surface area contributed by atoms with E-state index < -0.39 is 6.61 Å². The predicted octanol–water partition coefficient (Wildman–Crippen LogP) is 3.30. The van der Waals surface area contributed by atoms with Gasteiger partial charge in [-0.3, -0.25) is 9.69 Å². The summed E-state index contributed by atoms with van der Waals surface area (Å²) in [6, 6.07) is 13.3. The van der Waals surface area contributed by atoms with Crippen molar-refractivity contribution >= 4 is 5.91 Å². The highest BCUT2D eigenvalue weighted by atomic mass is 19.3. The molecule has 0 atom stereocenters. The third-order valence-electron chi connectivity index (χ3n) is 5.17. The number of amides is 1. The number of carbonyl (C=O) groups is 1. The van der Waals surface area contributed by atoms with Crippen LogP contribution in [0.5, 0.6) is 11.5 Å². The Morgan fingerprint density at radius 2 is 1.81 bits per heavy atom. The van der Waals surface area contributed by atoms with Gasteiger partial charge in [0.2, 0.25) is 11.7 Å². The summed E-state index contributed by atoms with van der Waals surface area (Å²) in [6.45, 7) is -0.127. The van der Waals surface area contributed by atoms with Gasteiger partial charge in [0.1, 0.15) is 11.5 Å². The highest BCUT2D eigenvalue weighted by Crippen LogP contribution is 2.29. The second kappa shape index (κ2) is 9.73. The van der Waals surface area contributed by atoms with E-state index in [0.29, 0.717) is 55.5 Å². The summed E-state index contributed by atoms with van der Waals surface area (Å²) in [7, 11) is 1.58. The maximum atomic E-state index is 12.7. The molecule has 1 aromatic heterocycles. The number of rotatable bonds is 7. The minimum Gasteiger partial charge on any atom is -0.497 e. The van der Waals surface area contributed by atoms with Crippen molar-refractivity contribution in [2.24, 2.45) is 0 Å². The van der Waals surface area contributed by atoms with Crippen molar-refractivity contribution in [2.45, 2.75) is 13.2 Å². The van der Waals surface area contributed by atoms with Gasteiger partial charge >= 0.3 is 6.61 Å². The van der Waals surface area contributed by atoms with Crippen molar-refractivity contribution in [3.63, 3.8) is 0 Å². The molecule has 1 fully saturated rings. The molecule has 2 heterocycles. The average molecular weight is 444 g/mol. The van der Waals surface area contributed by atoms with E-state index in [0.717, 1.165) is 0 Å². The summed E-state index contributed by atoms with van der Waals surface area (Å²) in [5.41, 5.74) is 0.947. The number of nitrogens with zero attached hydrogens (tertiary/aromatic N) is 4. The molecule has 168 valence electrons. The van der Waals surface area contributed by atoms with Crippen molar-refractivity contribution in [1.29, 1.82) is 0 Å². The van der Waals surface area contributed by atoms with Gasteiger partial charge in [-0.15, -0.1) is 0 Å². The molecular formula is C22H22F2N4O4. The highest BCUT2D eigenvalue weighted by Gasteiger charge is 2.24. The molecule has 2 aromatic carbocycles. The molecule has 10 heteroatoms. The lowest BCUT2D eigenvalue weighted by molar-refractivity contribution is -0.0494. The first-order chi connectivity index (χ1) is 15.5. The minimum absolute atomic E-state index is 0.0134. The Morgan fingerprint density at radius 1 is 1.09 bits per heavy atom. The number of carbonyl (C=O) groups excluding carboxylic acids is 1. The Morgan fingerprint density at radius 3 is 2.50 bits per heavy atom. The van der Waals surface area contributed by atoms with E-state index in [2.05, 4.69) is 19.8 Å². The zero-order chi connectivity index (χ0) is 22.5. The third kappa shape index (κ3) is 5.02. The number of methoxy groups -OCH3 is 1. The quantitative estimate of drug-likeness (QED) is 0.553. The summed E-state index contributed by atoms with van der Waals surface area (Å²) in [5, 5.41) is 3.90. The molecule has 1 saturated heterocycles. The molecule has 1 aliphatic heterocycles. The van der Waals surface area contributed by atoms with Gasteiger partial charge in [-0.05, 0) is 36.4 Å². The van der Waals surface area contributed by atoms with Crippen LogP contribution in [0.1, 0.15) is 16.2 Å². The van der Waals surface area contributed by atoms with Crippen LogP contribution >= 0.6 is 0 Å². The van der Waals surface area contributed by atoms with Gasteiger partial charge in [0.15, 0.2) is 0 Å². The molecule has 0 aliphatic carbocycles. The molecular weight excluding hydrogens is 422 g/mol.